The Hall–Kier alpha value is -0.510. The Kier molecular flexibility index (Phi) is 1.63. The van der Waals surface area contributed by atoms with E-state index in [1.165, 1.54) is 19.2 Å². The van der Waals surface area contributed by atoms with E-state index in [1.54, 1.807) is 11.8 Å². The van der Waals surface area contributed by atoms with Gasteiger partial charge in [-0.25, -0.2) is 0 Å². The number of nitrogens with zero attached hydrogens (tertiary/aromatic N) is 2. The highest BCUT2D eigenvalue weighted by Gasteiger charge is 2.21. The minimum absolute atomic E-state index is 0.701. The fraction of sp³-hybridized carbons (Fsp3) is 0.667. The third-order valence-corrected chi connectivity index (χ3v) is 2.54. The van der Waals surface area contributed by atoms with Crippen molar-refractivity contribution in [2.24, 2.45) is 5.92 Å². The van der Waals surface area contributed by atoms with Crippen molar-refractivity contribution < 1.29 is 4.42 Å². The molecule has 1 fully saturated rings. The molecule has 0 radical (unpaired) electrons. The quantitative estimate of drug-likeness (QED) is 0.623. The number of hydrogen-bond donors (Lipinski definition) is 0. The van der Waals surface area contributed by atoms with E-state index in [4.69, 9.17) is 4.42 Å². The third kappa shape index (κ3) is 1.50. The number of thioether (sulfide) groups is 1. The maximum atomic E-state index is 4.95. The first-order valence-electron chi connectivity index (χ1n) is 3.34. The predicted octanol–water partition coefficient (Wildman–Crippen LogP) is 1.57. The zero-order chi connectivity index (χ0) is 6.81. The summed E-state index contributed by atoms with van der Waals surface area (Å²) in [5.74, 6) is 2.05. The smallest absolute Gasteiger partial charge is 0.276 e. The van der Waals surface area contributed by atoms with Gasteiger partial charge in [-0.3, -0.25) is 0 Å². The van der Waals surface area contributed by atoms with E-state index in [-0.39, 0.29) is 0 Å². The molecule has 1 aromatic heterocycles. The fourth-order valence-electron chi connectivity index (χ4n) is 0.699. The zero-order valence-electron chi connectivity index (χ0n) is 5.49. The summed E-state index contributed by atoms with van der Waals surface area (Å²) in [5, 5.41) is 8.05. The Balaban J connectivity index is 1.79. The highest BCUT2D eigenvalue weighted by molar-refractivity contribution is 7.99. The van der Waals surface area contributed by atoms with Gasteiger partial charge >= 0.3 is 0 Å². The Morgan fingerprint density at radius 1 is 1.70 bits per heavy atom. The van der Waals surface area contributed by atoms with Crippen LogP contribution >= 0.6 is 11.8 Å². The van der Waals surface area contributed by atoms with Gasteiger partial charge in [0.2, 0.25) is 6.39 Å². The molecule has 1 aliphatic carbocycles. The van der Waals surface area contributed by atoms with Crippen molar-refractivity contribution in [2.45, 2.75) is 18.1 Å². The minimum atomic E-state index is 0.701. The van der Waals surface area contributed by atoms with Gasteiger partial charge in [0.1, 0.15) is 0 Å². The van der Waals surface area contributed by atoms with Crippen LogP contribution in [0, 0.1) is 5.92 Å². The van der Waals surface area contributed by atoms with E-state index in [9.17, 15) is 0 Å². The van der Waals surface area contributed by atoms with Crippen LogP contribution in [-0.4, -0.2) is 16.0 Å². The standard InChI is InChI=1S/C6H8N2OS/c1-2-5(1)3-10-6-8-7-4-9-6/h4-5H,1-3H2. The van der Waals surface area contributed by atoms with Gasteiger partial charge in [0.15, 0.2) is 0 Å². The number of hydrogen-bond acceptors (Lipinski definition) is 4. The van der Waals surface area contributed by atoms with Crippen LogP contribution < -0.4 is 0 Å². The molecule has 1 aliphatic rings. The Bertz CT molecular complexity index is 196. The summed E-state index contributed by atoms with van der Waals surface area (Å²) >= 11 is 1.66. The summed E-state index contributed by atoms with van der Waals surface area (Å²) in [6, 6.07) is 0. The molecule has 1 heterocycles. The third-order valence-electron chi connectivity index (χ3n) is 1.48. The molecule has 0 aromatic carbocycles. The van der Waals surface area contributed by atoms with Gasteiger partial charge in [0.25, 0.3) is 5.22 Å². The molecule has 1 saturated carbocycles. The van der Waals surface area contributed by atoms with Gasteiger partial charge in [-0.1, -0.05) is 11.8 Å². The van der Waals surface area contributed by atoms with Gasteiger partial charge in [-0.15, -0.1) is 10.2 Å². The van der Waals surface area contributed by atoms with Crippen LogP contribution in [0.1, 0.15) is 12.8 Å². The first-order valence-corrected chi connectivity index (χ1v) is 4.32. The van der Waals surface area contributed by atoms with E-state index in [2.05, 4.69) is 10.2 Å². The van der Waals surface area contributed by atoms with E-state index in [1.807, 2.05) is 0 Å². The SMILES string of the molecule is c1nnc(SCC2CC2)o1. The average molecular weight is 156 g/mol. The van der Waals surface area contributed by atoms with Gasteiger partial charge in [0.05, 0.1) is 0 Å². The maximum Gasteiger partial charge on any atom is 0.276 e. The summed E-state index contributed by atoms with van der Waals surface area (Å²) in [6.07, 6.45) is 4.12. The summed E-state index contributed by atoms with van der Waals surface area (Å²) in [5.41, 5.74) is 0. The van der Waals surface area contributed by atoms with Crippen LogP contribution in [0.2, 0.25) is 0 Å². The lowest BCUT2D eigenvalue weighted by atomic mass is 10.5. The zero-order valence-corrected chi connectivity index (χ0v) is 6.30. The predicted molar refractivity (Wildman–Crippen MR) is 37.7 cm³/mol. The molecule has 0 atom stereocenters. The summed E-state index contributed by atoms with van der Waals surface area (Å²) in [4.78, 5) is 0. The second-order valence-corrected chi connectivity index (χ2v) is 3.43. The molecule has 10 heavy (non-hydrogen) atoms. The van der Waals surface area contributed by atoms with Crippen LogP contribution in [0.3, 0.4) is 0 Å². The van der Waals surface area contributed by atoms with Gasteiger partial charge in [-0.2, -0.15) is 0 Å². The molecule has 0 saturated heterocycles. The van der Waals surface area contributed by atoms with E-state index >= 15 is 0 Å². The van der Waals surface area contributed by atoms with Gasteiger partial charge < -0.3 is 4.42 Å². The highest BCUT2D eigenvalue weighted by Crippen LogP contribution is 2.34. The van der Waals surface area contributed by atoms with Crippen LogP contribution in [0.15, 0.2) is 16.0 Å². The van der Waals surface area contributed by atoms with Crippen molar-refractivity contribution in [3.05, 3.63) is 6.39 Å². The Labute approximate surface area is 63.2 Å². The topological polar surface area (TPSA) is 38.9 Å². The molecule has 0 unspecified atom stereocenters. The molecular formula is C6H8N2OS. The molecule has 0 bridgehead atoms. The molecule has 4 heteroatoms. The van der Waals surface area contributed by atoms with Crippen molar-refractivity contribution in [3.63, 3.8) is 0 Å². The lowest BCUT2D eigenvalue weighted by molar-refractivity contribution is 0.453. The average Bonchev–Trinajstić information content (AvgIpc) is 2.63. The minimum Gasteiger partial charge on any atom is -0.419 e. The summed E-state index contributed by atoms with van der Waals surface area (Å²) < 4.78 is 4.95. The van der Waals surface area contributed by atoms with Gasteiger partial charge in [0, 0.05) is 5.75 Å². The summed E-state index contributed by atoms with van der Waals surface area (Å²) in [7, 11) is 0. The summed E-state index contributed by atoms with van der Waals surface area (Å²) in [6.45, 7) is 0. The molecule has 0 spiro atoms. The van der Waals surface area contributed by atoms with Crippen molar-refractivity contribution in [1.29, 1.82) is 0 Å². The second kappa shape index (κ2) is 2.62. The molecule has 0 N–H and O–H groups in total. The van der Waals surface area contributed by atoms with Crippen molar-refractivity contribution in [1.82, 2.24) is 10.2 Å². The lowest BCUT2D eigenvalue weighted by Gasteiger charge is -1.89. The molecule has 0 amide bonds. The van der Waals surface area contributed by atoms with Crippen LogP contribution in [0.4, 0.5) is 0 Å². The van der Waals surface area contributed by atoms with Crippen molar-refractivity contribution in [2.75, 3.05) is 5.75 Å². The molecular weight excluding hydrogens is 148 g/mol. The Morgan fingerprint density at radius 2 is 2.60 bits per heavy atom. The van der Waals surface area contributed by atoms with E-state index < -0.39 is 0 Å². The van der Waals surface area contributed by atoms with E-state index in [0.717, 1.165) is 11.7 Å². The van der Waals surface area contributed by atoms with Crippen LogP contribution in [-0.2, 0) is 0 Å². The van der Waals surface area contributed by atoms with Crippen LogP contribution in [0.25, 0.3) is 0 Å². The highest BCUT2D eigenvalue weighted by atomic mass is 32.2. The van der Waals surface area contributed by atoms with E-state index in [0.29, 0.717) is 5.22 Å². The lowest BCUT2D eigenvalue weighted by Crippen LogP contribution is -1.80. The van der Waals surface area contributed by atoms with Crippen LogP contribution in [0.5, 0.6) is 0 Å². The molecule has 3 nitrogen and oxygen atoms in total. The fourth-order valence-corrected chi connectivity index (χ4v) is 1.63. The largest absolute Gasteiger partial charge is 0.419 e. The first kappa shape index (κ1) is 6.22. The molecule has 54 valence electrons. The maximum absolute atomic E-state index is 4.95. The molecule has 2 rings (SSSR count). The second-order valence-electron chi connectivity index (χ2n) is 2.46. The number of rotatable bonds is 3. The van der Waals surface area contributed by atoms with Crippen molar-refractivity contribution >= 4 is 11.8 Å². The number of aromatic nitrogens is 2. The molecule has 1 aromatic rings. The van der Waals surface area contributed by atoms with Gasteiger partial charge in [-0.05, 0) is 18.8 Å². The first-order chi connectivity index (χ1) is 4.95. The molecule has 0 aliphatic heterocycles. The van der Waals surface area contributed by atoms with Crippen molar-refractivity contribution in [3.8, 4) is 0 Å². The normalized spacial score (nSPS) is 17.6. The Morgan fingerprint density at radius 3 is 3.20 bits per heavy atom. The monoisotopic (exact) mass is 156 g/mol.